The molecule has 0 saturated heterocycles. The second-order valence-corrected chi connectivity index (χ2v) is 2.68. The summed E-state index contributed by atoms with van der Waals surface area (Å²) < 4.78 is 4.90. The van der Waals surface area contributed by atoms with E-state index in [0.29, 0.717) is 5.57 Å². The van der Waals surface area contributed by atoms with E-state index in [2.05, 4.69) is 4.98 Å². The van der Waals surface area contributed by atoms with Crippen LogP contribution in [0.2, 0.25) is 0 Å². The quantitative estimate of drug-likeness (QED) is 0.730. The van der Waals surface area contributed by atoms with Crippen molar-refractivity contribution in [1.82, 2.24) is 4.98 Å². The summed E-state index contributed by atoms with van der Waals surface area (Å²) in [6.45, 7) is 0.262. The van der Waals surface area contributed by atoms with Gasteiger partial charge in [0.25, 0.3) is 0 Å². The fourth-order valence-electron chi connectivity index (χ4n) is 1.07. The zero-order valence-corrected chi connectivity index (χ0v) is 7.80. The van der Waals surface area contributed by atoms with Crippen molar-refractivity contribution in [1.29, 1.82) is 0 Å². The van der Waals surface area contributed by atoms with E-state index >= 15 is 0 Å². The van der Waals surface area contributed by atoms with Gasteiger partial charge in [-0.25, -0.2) is 4.79 Å². The topological polar surface area (TPSA) is 59.4 Å². The Morgan fingerprint density at radius 3 is 3.00 bits per heavy atom. The molecule has 0 amide bonds. The Morgan fingerprint density at radius 1 is 1.71 bits per heavy atom. The van der Waals surface area contributed by atoms with Gasteiger partial charge < -0.3 is 9.84 Å². The van der Waals surface area contributed by atoms with Crippen molar-refractivity contribution in [2.75, 3.05) is 13.7 Å². The van der Waals surface area contributed by atoms with Crippen molar-refractivity contribution in [3.05, 3.63) is 36.2 Å². The van der Waals surface area contributed by atoms with E-state index in [1.807, 2.05) is 0 Å². The van der Waals surface area contributed by atoms with Gasteiger partial charge in [0.05, 0.1) is 6.61 Å². The molecule has 0 atom stereocenters. The number of nitrogens with zero attached hydrogens (tertiary/aromatic N) is 1. The van der Waals surface area contributed by atoms with E-state index in [4.69, 9.17) is 9.84 Å². The molecule has 4 heteroatoms. The Hall–Kier alpha value is -1.68. The smallest absolute Gasteiger partial charge is 0.328 e. The Balaban J connectivity index is 2.94. The van der Waals surface area contributed by atoms with Crippen LogP contribution in [0.5, 0.6) is 0 Å². The Morgan fingerprint density at radius 2 is 2.50 bits per heavy atom. The van der Waals surface area contributed by atoms with Gasteiger partial charge in [0.15, 0.2) is 0 Å². The number of aromatic nitrogens is 1. The van der Waals surface area contributed by atoms with Gasteiger partial charge in [0.1, 0.15) is 0 Å². The summed E-state index contributed by atoms with van der Waals surface area (Å²) in [6, 6.07) is 3.54. The van der Waals surface area contributed by atoms with E-state index in [1.165, 1.54) is 7.11 Å². The maximum Gasteiger partial charge on any atom is 0.328 e. The highest BCUT2D eigenvalue weighted by Gasteiger charge is 2.03. The molecular weight excluding hydrogens is 182 g/mol. The summed E-state index contributed by atoms with van der Waals surface area (Å²) in [5, 5.41) is 8.62. The molecule has 1 rings (SSSR count). The number of ether oxygens (including phenoxy) is 1. The molecule has 0 fully saturated rings. The molecule has 0 aromatic carbocycles. The van der Waals surface area contributed by atoms with Gasteiger partial charge in [-0.15, -0.1) is 0 Å². The Bertz CT molecular complexity index is 332. The minimum absolute atomic E-state index is 0.262. The molecule has 14 heavy (non-hydrogen) atoms. The van der Waals surface area contributed by atoms with Crippen molar-refractivity contribution in [3.63, 3.8) is 0 Å². The van der Waals surface area contributed by atoms with Gasteiger partial charge >= 0.3 is 5.97 Å². The van der Waals surface area contributed by atoms with Crippen LogP contribution in [0.25, 0.3) is 5.57 Å². The van der Waals surface area contributed by atoms with E-state index in [1.54, 1.807) is 24.5 Å². The minimum atomic E-state index is -0.985. The van der Waals surface area contributed by atoms with Gasteiger partial charge in [0.2, 0.25) is 0 Å². The summed E-state index contributed by atoms with van der Waals surface area (Å²) in [6.07, 6.45) is 4.36. The largest absolute Gasteiger partial charge is 0.478 e. The first-order valence-electron chi connectivity index (χ1n) is 4.07. The first kappa shape index (κ1) is 10.4. The number of aliphatic carboxylic acids is 1. The summed E-state index contributed by atoms with van der Waals surface area (Å²) in [5.41, 5.74) is 1.37. The Kier molecular flexibility index (Phi) is 3.82. The molecule has 0 bridgehead atoms. The number of carbonyl (C=O) groups is 1. The Labute approximate surface area is 81.9 Å². The maximum atomic E-state index is 10.5. The number of hydrogen-bond donors (Lipinski definition) is 1. The van der Waals surface area contributed by atoms with Crippen LogP contribution in [-0.4, -0.2) is 29.8 Å². The standard InChI is InChI=1S/C10H11NO3/c1-14-7-9(5-10(12)13)8-3-2-4-11-6-8/h2-6H,7H2,1H3,(H,12,13)/b9-5+. The molecule has 74 valence electrons. The molecule has 1 heterocycles. The van der Waals surface area contributed by atoms with Crippen LogP contribution in [0.3, 0.4) is 0 Å². The lowest BCUT2D eigenvalue weighted by Crippen LogP contribution is -1.99. The maximum absolute atomic E-state index is 10.5. The fraction of sp³-hybridized carbons (Fsp3) is 0.200. The molecule has 1 aromatic heterocycles. The van der Waals surface area contributed by atoms with Crippen molar-refractivity contribution >= 4 is 11.5 Å². The lowest BCUT2D eigenvalue weighted by molar-refractivity contribution is -0.131. The van der Waals surface area contributed by atoms with Crippen molar-refractivity contribution in [2.45, 2.75) is 0 Å². The van der Waals surface area contributed by atoms with Gasteiger partial charge in [-0.2, -0.15) is 0 Å². The van der Waals surface area contributed by atoms with Crippen LogP contribution in [0.1, 0.15) is 5.56 Å². The summed E-state index contributed by atoms with van der Waals surface area (Å²) in [5.74, 6) is -0.985. The lowest BCUT2D eigenvalue weighted by Gasteiger charge is -2.04. The number of carboxylic acid groups (broad SMARTS) is 1. The third-order valence-corrected chi connectivity index (χ3v) is 1.63. The molecule has 0 aliphatic rings. The van der Waals surface area contributed by atoms with Crippen molar-refractivity contribution in [2.24, 2.45) is 0 Å². The van der Waals surface area contributed by atoms with Gasteiger partial charge in [-0.3, -0.25) is 4.98 Å². The normalized spacial score (nSPS) is 11.4. The molecule has 0 unspecified atom stereocenters. The average molecular weight is 193 g/mol. The number of rotatable bonds is 4. The van der Waals surface area contributed by atoms with E-state index in [-0.39, 0.29) is 6.61 Å². The van der Waals surface area contributed by atoms with E-state index in [9.17, 15) is 4.79 Å². The van der Waals surface area contributed by atoms with Crippen LogP contribution in [0.15, 0.2) is 30.6 Å². The van der Waals surface area contributed by atoms with Crippen LogP contribution in [0, 0.1) is 0 Å². The molecule has 1 aromatic rings. The summed E-state index contributed by atoms with van der Waals surface area (Å²) >= 11 is 0. The van der Waals surface area contributed by atoms with Crippen LogP contribution in [0.4, 0.5) is 0 Å². The summed E-state index contributed by atoms with van der Waals surface area (Å²) in [4.78, 5) is 14.4. The van der Waals surface area contributed by atoms with Crippen LogP contribution < -0.4 is 0 Å². The minimum Gasteiger partial charge on any atom is -0.478 e. The molecule has 4 nitrogen and oxygen atoms in total. The predicted molar refractivity (Wildman–Crippen MR) is 51.7 cm³/mol. The van der Waals surface area contributed by atoms with Gasteiger partial charge in [-0.05, 0) is 17.2 Å². The molecule has 0 saturated carbocycles. The number of methoxy groups -OCH3 is 1. The number of hydrogen-bond acceptors (Lipinski definition) is 3. The molecule has 0 spiro atoms. The first-order valence-corrected chi connectivity index (χ1v) is 4.07. The third-order valence-electron chi connectivity index (χ3n) is 1.63. The van der Waals surface area contributed by atoms with Gasteiger partial charge in [-0.1, -0.05) is 6.07 Å². The fourth-order valence-corrected chi connectivity index (χ4v) is 1.07. The highest BCUT2D eigenvalue weighted by atomic mass is 16.5. The number of carboxylic acids is 1. The van der Waals surface area contributed by atoms with Gasteiger partial charge in [0, 0.05) is 25.6 Å². The zero-order chi connectivity index (χ0) is 10.4. The van der Waals surface area contributed by atoms with Crippen LogP contribution in [-0.2, 0) is 9.53 Å². The van der Waals surface area contributed by atoms with E-state index < -0.39 is 5.97 Å². The summed E-state index contributed by atoms with van der Waals surface area (Å²) in [7, 11) is 1.52. The monoisotopic (exact) mass is 193 g/mol. The molecule has 0 aliphatic carbocycles. The second-order valence-electron chi connectivity index (χ2n) is 2.68. The average Bonchev–Trinajstić information content (AvgIpc) is 2.18. The first-order chi connectivity index (χ1) is 6.74. The van der Waals surface area contributed by atoms with Crippen LogP contribution >= 0.6 is 0 Å². The van der Waals surface area contributed by atoms with Crippen molar-refractivity contribution in [3.8, 4) is 0 Å². The zero-order valence-electron chi connectivity index (χ0n) is 7.80. The third kappa shape index (κ3) is 2.99. The lowest BCUT2D eigenvalue weighted by atomic mass is 10.1. The second kappa shape index (κ2) is 5.14. The molecule has 0 radical (unpaired) electrons. The van der Waals surface area contributed by atoms with E-state index in [0.717, 1.165) is 11.6 Å². The molecular formula is C10H11NO3. The predicted octanol–water partition coefficient (Wildman–Crippen LogP) is 1.20. The number of pyridine rings is 1. The highest BCUT2D eigenvalue weighted by Crippen LogP contribution is 2.12. The molecule has 0 aliphatic heterocycles. The molecule has 1 N–H and O–H groups in total. The SMILES string of the molecule is COC/C(=C\C(=O)O)c1cccnc1. The van der Waals surface area contributed by atoms with Crippen molar-refractivity contribution < 1.29 is 14.6 Å². The highest BCUT2D eigenvalue weighted by molar-refractivity contribution is 5.90.